The quantitative estimate of drug-likeness (QED) is 0.353. The zero-order valence-corrected chi connectivity index (χ0v) is 27.6. The molecule has 45 heavy (non-hydrogen) atoms. The van der Waals surface area contributed by atoms with E-state index >= 15 is 0 Å². The van der Waals surface area contributed by atoms with Gasteiger partial charge in [-0.05, 0) is 56.1 Å². The molecule has 0 atom stereocenters. The summed E-state index contributed by atoms with van der Waals surface area (Å²) >= 11 is 3.50. The predicted octanol–water partition coefficient (Wildman–Crippen LogP) is 3.75. The first kappa shape index (κ1) is 31.5. The number of amides is 2. The molecule has 3 aromatic rings. The van der Waals surface area contributed by atoms with Crippen LogP contribution in [-0.4, -0.2) is 84.7 Å². The standard InChI is InChI=1S/C31H37BrN6O6S/c1-2-45(41,42)24-8-9-28-27(18-24)38(29(39)20-43-28)23-10-15-35(16-11-23)13-3-14-37-26-12-17-36(44-31(33)40)19-25(26)30(34-37)21-4-6-22(32)7-5-21/h4-9,18,23H,2-3,10-17,19-20H2,1H3,(H2,33,40). The minimum Gasteiger partial charge on any atom is -0.482 e. The van der Waals surface area contributed by atoms with Crippen LogP contribution in [0.5, 0.6) is 5.75 Å². The van der Waals surface area contributed by atoms with E-state index in [1.165, 1.54) is 0 Å². The van der Waals surface area contributed by atoms with Crippen molar-refractivity contribution < 1.29 is 27.6 Å². The van der Waals surface area contributed by atoms with Crippen LogP contribution in [0.4, 0.5) is 10.5 Å². The third-order valence-corrected chi connectivity index (χ3v) is 11.0. The minimum absolute atomic E-state index is 0.00593. The molecule has 3 aliphatic rings. The third kappa shape index (κ3) is 6.74. The average molecular weight is 702 g/mol. The van der Waals surface area contributed by atoms with Crippen molar-refractivity contribution in [3.05, 3.63) is 58.2 Å². The smallest absolute Gasteiger partial charge is 0.423 e. The number of piperidine rings is 1. The van der Waals surface area contributed by atoms with Crippen molar-refractivity contribution in [2.45, 2.75) is 56.6 Å². The topological polar surface area (TPSA) is 140 Å². The van der Waals surface area contributed by atoms with Gasteiger partial charge in [0.2, 0.25) is 0 Å². The first-order chi connectivity index (χ1) is 21.6. The number of hydroxylamine groups is 2. The van der Waals surface area contributed by atoms with Gasteiger partial charge in [0.25, 0.3) is 5.91 Å². The molecule has 2 aromatic carbocycles. The lowest BCUT2D eigenvalue weighted by Crippen LogP contribution is -2.50. The summed E-state index contributed by atoms with van der Waals surface area (Å²) in [5, 5.41) is 6.59. The van der Waals surface area contributed by atoms with Crippen LogP contribution in [0, 0.1) is 0 Å². The van der Waals surface area contributed by atoms with E-state index in [1.807, 2.05) is 24.3 Å². The van der Waals surface area contributed by atoms with Crippen LogP contribution in [0.25, 0.3) is 11.3 Å². The van der Waals surface area contributed by atoms with Crippen molar-refractivity contribution in [2.75, 3.05) is 43.4 Å². The first-order valence-electron chi connectivity index (χ1n) is 15.2. The van der Waals surface area contributed by atoms with Crippen molar-refractivity contribution in [2.24, 2.45) is 5.73 Å². The Morgan fingerprint density at radius 1 is 1.11 bits per heavy atom. The van der Waals surface area contributed by atoms with E-state index in [-0.39, 0.29) is 29.2 Å². The lowest BCUT2D eigenvalue weighted by molar-refractivity contribution is -0.122. The molecular weight excluding hydrogens is 664 g/mol. The van der Waals surface area contributed by atoms with Gasteiger partial charge < -0.3 is 25.1 Å². The van der Waals surface area contributed by atoms with E-state index in [1.54, 1.807) is 35.1 Å². The van der Waals surface area contributed by atoms with Gasteiger partial charge in [0.05, 0.1) is 28.6 Å². The number of primary amides is 1. The molecule has 1 saturated heterocycles. The van der Waals surface area contributed by atoms with Crippen LogP contribution in [0.3, 0.4) is 0 Å². The van der Waals surface area contributed by atoms with Gasteiger partial charge in [-0.25, -0.2) is 13.2 Å². The summed E-state index contributed by atoms with van der Waals surface area (Å²) in [5.74, 6) is 0.395. The maximum Gasteiger partial charge on any atom is 0.423 e. The average Bonchev–Trinajstić information content (AvgIpc) is 3.39. The van der Waals surface area contributed by atoms with E-state index in [0.717, 1.165) is 72.4 Å². The number of nitrogens with two attached hydrogens (primary N) is 1. The maximum atomic E-state index is 13.0. The zero-order valence-electron chi connectivity index (χ0n) is 25.2. The number of halogens is 1. The molecule has 2 N–H and O–H groups in total. The number of carbonyl (C=O) groups is 2. The van der Waals surface area contributed by atoms with Crippen molar-refractivity contribution in [1.82, 2.24) is 19.7 Å². The highest BCUT2D eigenvalue weighted by molar-refractivity contribution is 9.10. The van der Waals surface area contributed by atoms with Crippen LogP contribution in [-0.2, 0) is 39.0 Å². The number of nitrogens with zero attached hydrogens (tertiary/aromatic N) is 5. The van der Waals surface area contributed by atoms with Gasteiger partial charge in [0.15, 0.2) is 16.4 Å². The fraction of sp³-hybridized carbons (Fsp3) is 0.452. The van der Waals surface area contributed by atoms with Crippen molar-refractivity contribution in [1.29, 1.82) is 0 Å². The van der Waals surface area contributed by atoms with Gasteiger partial charge in [-0.1, -0.05) is 35.0 Å². The molecule has 240 valence electrons. The Morgan fingerprint density at radius 2 is 1.87 bits per heavy atom. The van der Waals surface area contributed by atoms with Crippen molar-refractivity contribution in [3.8, 4) is 17.0 Å². The number of aryl methyl sites for hydroxylation is 1. The van der Waals surface area contributed by atoms with E-state index in [0.29, 0.717) is 30.9 Å². The summed E-state index contributed by atoms with van der Waals surface area (Å²) in [5.41, 5.74) is 9.87. The molecule has 2 amide bonds. The molecule has 0 unspecified atom stereocenters. The molecular formula is C31H37BrN6O6S. The van der Waals surface area contributed by atoms with Gasteiger partial charge in [-0.2, -0.15) is 5.10 Å². The Balaban J connectivity index is 1.10. The second kappa shape index (κ2) is 13.1. The summed E-state index contributed by atoms with van der Waals surface area (Å²) in [6.07, 6.45) is 2.34. The molecule has 14 heteroatoms. The van der Waals surface area contributed by atoms with Gasteiger partial charge in [0.1, 0.15) is 5.75 Å². The van der Waals surface area contributed by atoms with Gasteiger partial charge in [-0.3, -0.25) is 9.48 Å². The van der Waals surface area contributed by atoms with E-state index in [9.17, 15) is 18.0 Å². The lowest BCUT2D eigenvalue weighted by atomic mass is 10.0. The zero-order chi connectivity index (χ0) is 31.7. The number of aromatic nitrogens is 2. The highest BCUT2D eigenvalue weighted by Gasteiger charge is 2.35. The third-order valence-electron chi connectivity index (χ3n) is 8.75. The van der Waals surface area contributed by atoms with E-state index < -0.39 is 15.9 Å². The number of hydrogen-bond donors (Lipinski definition) is 1. The molecule has 12 nitrogen and oxygen atoms in total. The SMILES string of the molecule is CCS(=O)(=O)c1ccc2c(c1)N(C1CCN(CCCn3nc(-c4ccc(Br)cc4)c4c3CCN(OC(N)=O)C4)CC1)C(=O)CO2. The molecule has 0 saturated carbocycles. The number of sulfone groups is 1. The minimum atomic E-state index is -3.41. The van der Waals surface area contributed by atoms with Crippen LogP contribution < -0.4 is 15.4 Å². The molecule has 0 bridgehead atoms. The lowest BCUT2D eigenvalue weighted by Gasteiger charge is -2.40. The number of fused-ring (bicyclic) bond motifs is 2. The highest BCUT2D eigenvalue weighted by Crippen LogP contribution is 2.38. The molecule has 3 aliphatic heterocycles. The Hall–Kier alpha value is -3.46. The fourth-order valence-electron chi connectivity index (χ4n) is 6.45. The van der Waals surface area contributed by atoms with Crippen LogP contribution in [0.1, 0.15) is 37.4 Å². The van der Waals surface area contributed by atoms with Gasteiger partial charge in [0, 0.05) is 59.9 Å². The van der Waals surface area contributed by atoms with Crippen molar-refractivity contribution in [3.63, 3.8) is 0 Å². The van der Waals surface area contributed by atoms with E-state index in [2.05, 4.69) is 25.5 Å². The number of hydrogen-bond acceptors (Lipinski definition) is 9. The highest BCUT2D eigenvalue weighted by atomic mass is 79.9. The van der Waals surface area contributed by atoms with Crippen LogP contribution in [0.15, 0.2) is 51.8 Å². The Bertz CT molecular complexity index is 1690. The molecule has 0 aliphatic carbocycles. The predicted molar refractivity (Wildman–Crippen MR) is 171 cm³/mol. The second-order valence-electron chi connectivity index (χ2n) is 11.5. The molecule has 4 heterocycles. The summed E-state index contributed by atoms with van der Waals surface area (Å²) in [4.78, 5) is 34.0. The monoisotopic (exact) mass is 700 g/mol. The molecule has 6 rings (SSSR count). The summed E-state index contributed by atoms with van der Waals surface area (Å²) in [6.45, 7) is 5.84. The van der Waals surface area contributed by atoms with Crippen molar-refractivity contribution >= 4 is 43.5 Å². The summed E-state index contributed by atoms with van der Waals surface area (Å²) < 4.78 is 33.8. The fourth-order valence-corrected chi connectivity index (χ4v) is 7.62. The van der Waals surface area contributed by atoms with Crippen LogP contribution >= 0.6 is 15.9 Å². The van der Waals surface area contributed by atoms with Gasteiger partial charge >= 0.3 is 6.09 Å². The maximum absolute atomic E-state index is 13.0. The number of rotatable bonds is 9. The Kier molecular flexibility index (Phi) is 9.18. The van der Waals surface area contributed by atoms with Crippen LogP contribution in [0.2, 0.25) is 0 Å². The molecule has 1 fully saturated rings. The Morgan fingerprint density at radius 3 is 2.58 bits per heavy atom. The molecule has 1 aromatic heterocycles. The van der Waals surface area contributed by atoms with Gasteiger partial charge in [-0.15, -0.1) is 5.06 Å². The molecule has 0 spiro atoms. The number of ether oxygens (including phenoxy) is 1. The number of anilines is 1. The summed E-state index contributed by atoms with van der Waals surface area (Å²) in [7, 11) is -3.41. The number of benzene rings is 2. The normalized spacial score (nSPS) is 17.9. The number of carbonyl (C=O) groups excluding carboxylic acids is 2. The number of likely N-dealkylation sites (tertiary alicyclic amines) is 1. The second-order valence-corrected chi connectivity index (χ2v) is 14.7. The first-order valence-corrected chi connectivity index (χ1v) is 17.7. The van der Waals surface area contributed by atoms with E-state index in [4.69, 9.17) is 20.4 Å². The summed E-state index contributed by atoms with van der Waals surface area (Å²) in [6, 6.07) is 12.8. The Labute approximate surface area is 271 Å². The molecule has 0 radical (unpaired) electrons. The largest absolute Gasteiger partial charge is 0.482 e.